The molecule has 0 spiro atoms. The third-order valence-electron chi connectivity index (χ3n) is 7.37. The van der Waals surface area contributed by atoms with Gasteiger partial charge in [-0.2, -0.15) is 0 Å². The van der Waals surface area contributed by atoms with Crippen LogP contribution < -0.4 is 0 Å². The van der Waals surface area contributed by atoms with E-state index in [4.69, 9.17) is 16.6 Å². The lowest BCUT2D eigenvalue weighted by Gasteiger charge is -2.26. The van der Waals surface area contributed by atoms with Gasteiger partial charge >= 0.3 is 0 Å². The molecule has 2 atom stereocenters. The summed E-state index contributed by atoms with van der Waals surface area (Å²) in [5.41, 5.74) is 5.53. The molecule has 1 aliphatic carbocycles. The number of hydrogen-bond donors (Lipinski definition) is 0. The first-order valence-corrected chi connectivity index (χ1v) is 14.2. The first-order chi connectivity index (χ1) is 16.3. The third-order valence-corrected chi connectivity index (χ3v) is 8.87. The molecule has 1 amide bonds. The lowest BCUT2D eigenvalue weighted by atomic mass is 9.80. The Labute approximate surface area is 206 Å². The van der Waals surface area contributed by atoms with Crippen LogP contribution >= 0.6 is 11.6 Å². The lowest BCUT2D eigenvalue weighted by Crippen LogP contribution is -2.29. The number of likely N-dealkylation sites (tertiary alicyclic amines) is 1. The largest absolute Gasteiger partial charge is 0.343 e. The standard InChI is InChI=1S/C26H30ClN3O3S/c1-34(32,33)30-14-10-19(17-30)25-22-9-8-21(27)16-20(22)15-18(23-6-2-11-28-26(23)25)5-3-12-29-13-4-7-24(29)31/h2,6,8-9,11,15-16,19,25H,3-5,7,10,12-14,17H2,1H3. The fourth-order valence-electron chi connectivity index (χ4n) is 5.72. The first-order valence-electron chi connectivity index (χ1n) is 12.0. The van der Waals surface area contributed by atoms with Crippen molar-refractivity contribution in [3.05, 3.63) is 63.9 Å². The van der Waals surface area contributed by atoms with Gasteiger partial charge in [-0.1, -0.05) is 29.8 Å². The monoisotopic (exact) mass is 499 g/mol. The molecular weight excluding hydrogens is 470 g/mol. The highest BCUT2D eigenvalue weighted by Gasteiger charge is 2.38. The van der Waals surface area contributed by atoms with Crippen LogP contribution in [0.15, 0.2) is 36.5 Å². The minimum atomic E-state index is -3.23. The molecule has 3 aliphatic rings. The minimum Gasteiger partial charge on any atom is -0.343 e. The molecule has 5 rings (SSSR count). The van der Waals surface area contributed by atoms with E-state index in [9.17, 15) is 13.2 Å². The molecule has 2 saturated heterocycles. The van der Waals surface area contributed by atoms with Crippen LogP contribution in [0.2, 0.25) is 5.02 Å². The second-order valence-corrected chi connectivity index (χ2v) is 12.0. The number of aromatic nitrogens is 1. The molecule has 2 unspecified atom stereocenters. The van der Waals surface area contributed by atoms with Crippen LogP contribution in [0.3, 0.4) is 0 Å². The van der Waals surface area contributed by atoms with E-state index < -0.39 is 10.0 Å². The van der Waals surface area contributed by atoms with Gasteiger partial charge in [0, 0.05) is 49.7 Å². The molecule has 0 N–H and O–H groups in total. The molecule has 2 fully saturated rings. The van der Waals surface area contributed by atoms with Crippen molar-refractivity contribution in [2.24, 2.45) is 5.92 Å². The Morgan fingerprint density at radius 1 is 1.21 bits per heavy atom. The molecule has 0 saturated carbocycles. The number of sulfonamides is 1. The predicted molar refractivity (Wildman–Crippen MR) is 135 cm³/mol. The maximum Gasteiger partial charge on any atom is 0.222 e. The van der Waals surface area contributed by atoms with Gasteiger partial charge in [0.15, 0.2) is 0 Å². The number of hydrogen-bond acceptors (Lipinski definition) is 4. The number of amides is 1. The van der Waals surface area contributed by atoms with E-state index in [0.717, 1.165) is 61.2 Å². The summed E-state index contributed by atoms with van der Waals surface area (Å²) in [5, 5.41) is 0.680. The fourth-order valence-corrected chi connectivity index (χ4v) is 6.80. The fraction of sp³-hybridized carbons (Fsp3) is 0.462. The summed E-state index contributed by atoms with van der Waals surface area (Å²) >= 11 is 6.41. The summed E-state index contributed by atoms with van der Waals surface area (Å²) < 4.78 is 26.0. The summed E-state index contributed by atoms with van der Waals surface area (Å²) in [7, 11) is -3.23. The van der Waals surface area contributed by atoms with Crippen molar-refractivity contribution in [3.8, 4) is 0 Å². The van der Waals surface area contributed by atoms with Crippen LogP contribution in [-0.4, -0.2) is 60.9 Å². The van der Waals surface area contributed by atoms with E-state index in [-0.39, 0.29) is 17.7 Å². The second-order valence-electron chi connectivity index (χ2n) is 9.61. The summed E-state index contributed by atoms with van der Waals surface area (Å²) in [6, 6.07) is 10.1. The normalized spacial score (nSPS) is 22.9. The molecule has 3 heterocycles. The van der Waals surface area contributed by atoms with E-state index in [1.54, 1.807) is 4.31 Å². The van der Waals surface area contributed by atoms with Crippen LogP contribution in [0.5, 0.6) is 0 Å². The van der Waals surface area contributed by atoms with E-state index in [1.807, 2.05) is 29.3 Å². The molecule has 0 radical (unpaired) electrons. The van der Waals surface area contributed by atoms with Crippen molar-refractivity contribution in [1.82, 2.24) is 14.2 Å². The van der Waals surface area contributed by atoms with E-state index >= 15 is 0 Å². The maximum absolute atomic E-state index is 12.2. The number of carbonyl (C=O) groups excluding carboxylic acids is 1. The Morgan fingerprint density at radius 3 is 2.79 bits per heavy atom. The summed E-state index contributed by atoms with van der Waals surface area (Å²) in [6.07, 6.45) is 9.46. The Balaban J connectivity index is 1.51. The highest BCUT2D eigenvalue weighted by Crippen LogP contribution is 2.45. The third kappa shape index (κ3) is 4.66. The number of pyridine rings is 1. The average molecular weight is 500 g/mol. The van der Waals surface area contributed by atoms with Gasteiger partial charge in [0.05, 0.1) is 11.9 Å². The molecule has 6 nitrogen and oxygen atoms in total. The Bertz CT molecular complexity index is 1240. The van der Waals surface area contributed by atoms with Gasteiger partial charge in [0.1, 0.15) is 0 Å². The molecule has 2 aliphatic heterocycles. The summed E-state index contributed by atoms with van der Waals surface area (Å²) in [6.45, 7) is 2.65. The predicted octanol–water partition coefficient (Wildman–Crippen LogP) is 4.41. The van der Waals surface area contributed by atoms with Crippen LogP contribution in [0, 0.1) is 5.92 Å². The van der Waals surface area contributed by atoms with Gasteiger partial charge in [-0.05, 0) is 72.1 Å². The topological polar surface area (TPSA) is 70.6 Å². The SMILES string of the molecule is CS(=O)(=O)N1CCC(C2c3ccc(Cl)cc3C=C(CCCN3CCCC3=O)c3cccnc32)C1. The van der Waals surface area contributed by atoms with Crippen LogP contribution in [0.1, 0.15) is 60.4 Å². The van der Waals surface area contributed by atoms with E-state index in [0.29, 0.717) is 24.5 Å². The molecule has 0 bridgehead atoms. The number of halogens is 1. The Hall–Kier alpha value is -2.22. The Kier molecular flexibility index (Phi) is 6.53. The van der Waals surface area contributed by atoms with Crippen LogP contribution in [0.4, 0.5) is 0 Å². The van der Waals surface area contributed by atoms with Crippen molar-refractivity contribution < 1.29 is 13.2 Å². The molecule has 1 aromatic heterocycles. The number of fused-ring (bicyclic) bond motifs is 2. The molecule has 2 aromatic rings. The number of carbonyl (C=O) groups is 1. The zero-order valence-electron chi connectivity index (χ0n) is 19.4. The first kappa shape index (κ1) is 23.5. The molecule has 34 heavy (non-hydrogen) atoms. The Morgan fingerprint density at radius 2 is 2.06 bits per heavy atom. The highest BCUT2D eigenvalue weighted by molar-refractivity contribution is 7.88. The molecular formula is C26H30ClN3O3S. The number of allylic oxidation sites excluding steroid dienone is 1. The average Bonchev–Trinajstić information content (AvgIpc) is 3.42. The lowest BCUT2D eigenvalue weighted by molar-refractivity contribution is -0.127. The number of nitrogens with zero attached hydrogens (tertiary/aromatic N) is 3. The molecule has 8 heteroatoms. The van der Waals surface area contributed by atoms with Crippen molar-refractivity contribution in [2.45, 2.75) is 38.0 Å². The summed E-state index contributed by atoms with van der Waals surface area (Å²) in [4.78, 5) is 18.9. The van der Waals surface area contributed by atoms with E-state index in [1.165, 1.54) is 11.8 Å². The zero-order chi connectivity index (χ0) is 23.9. The minimum absolute atomic E-state index is 0.0101. The van der Waals surface area contributed by atoms with Gasteiger partial charge in [-0.25, -0.2) is 12.7 Å². The van der Waals surface area contributed by atoms with Gasteiger partial charge < -0.3 is 4.90 Å². The van der Waals surface area contributed by atoms with E-state index in [2.05, 4.69) is 18.2 Å². The van der Waals surface area contributed by atoms with Crippen molar-refractivity contribution in [3.63, 3.8) is 0 Å². The van der Waals surface area contributed by atoms with Gasteiger partial charge in [-0.15, -0.1) is 0 Å². The van der Waals surface area contributed by atoms with Crippen LogP contribution in [0.25, 0.3) is 11.6 Å². The zero-order valence-corrected chi connectivity index (χ0v) is 21.0. The second kappa shape index (κ2) is 9.44. The van der Waals surface area contributed by atoms with Crippen molar-refractivity contribution >= 4 is 39.2 Å². The van der Waals surface area contributed by atoms with Gasteiger partial charge in [-0.3, -0.25) is 9.78 Å². The van der Waals surface area contributed by atoms with Crippen molar-refractivity contribution in [2.75, 3.05) is 32.4 Å². The number of rotatable bonds is 6. The van der Waals surface area contributed by atoms with Crippen LogP contribution in [-0.2, 0) is 14.8 Å². The maximum atomic E-state index is 12.2. The van der Waals surface area contributed by atoms with Crippen molar-refractivity contribution in [1.29, 1.82) is 0 Å². The van der Waals surface area contributed by atoms with Gasteiger partial charge in [0.2, 0.25) is 15.9 Å². The molecule has 180 valence electrons. The smallest absolute Gasteiger partial charge is 0.222 e. The summed E-state index contributed by atoms with van der Waals surface area (Å²) in [5.74, 6) is 0.383. The number of benzene rings is 1. The quantitative estimate of drug-likeness (QED) is 0.590. The highest BCUT2D eigenvalue weighted by atomic mass is 35.5. The molecule has 1 aromatic carbocycles. The van der Waals surface area contributed by atoms with Gasteiger partial charge in [0.25, 0.3) is 0 Å².